The fraction of sp³-hybridized carbons (Fsp3) is 0.533. The summed E-state index contributed by atoms with van der Waals surface area (Å²) in [4.78, 5) is 12.4. The maximum Gasteiger partial charge on any atom is 0.244 e. The molecule has 1 amide bonds. The molecule has 1 aromatic carbocycles. The summed E-state index contributed by atoms with van der Waals surface area (Å²) in [6.45, 7) is 0. The molecule has 0 spiro atoms. The van der Waals surface area contributed by atoms with Crippen LogP contribution in [0.3, 0.4) is 0 Å². The van der Waals surface area contributed by atoms with Crippen LogP contribution in [-0.4, -0.2) is 25.7 Å². The number of anilines is 1. The molecule has 2 rings (SSSR count). The standard InChI is InChI=1S/C15H22N2O3/c1-19-12-8-11(9-13(10-12)20-2)17-14(18)15(16)6-4-3-5-7-15/h8-10H,3-7,16H2,1-2H3,(H,17,18). The molecular weight excluding hydrogens is 256 g/mol. The molecule has 5 heteroatoms. The van der Waals surface area contributed by atoms with Crippen molar-refractivity contribution in [3.63, 3.8) is 0 Å². The highest BCUT2D eigenvalue weighted by atomic mass is 16.5. The summed E-state index contributed by atoms with van der Waals surface area (Å²) >= 11 is 0. The smallest absolute Gasteiger partial charge is 0.244 e. The van der Waals surface area contributed by atoms with Crippen molar-refractivity contribution in [2.75, 3.05) is 19.5 Å². The molecule has 3 N–H and O–H groups in total. The highest BCUT2D eigenvalue weighted by Gasteiger charge is 2.35. The maximum absolute atomic E-state index is 12.4. The number of hydrogen-bond acceptors (Lipinski definition) is 4. The van der Waals surface area contributed by atoms with Crippen LogP contribution >= 0.6 is 0 Å². The summed E-state index contributed by atoms with van der Waals surface area (Å²) in [5.41, 5.74) is 6.10. The molecule has 1 aromatic rings. The van der Waals surface area contributed by atoms with E-state index in [9.17, 15) is 4.79 Å². The number of ether oxygens (including phenoxy) is 2. The molecule has 1 fully saturated rings. The van der Waals surface area contributed by atoms with E-state index in [0.29, 0.717) is 17.2 Å². The Hall–Kier alpha value is -1.75. The average Bonchev–Trinajstić information content (AvgIpc) is 2.47. The number of carbonyl (C=O) groups excluding carboxylic acids is 1. The van der Waals surface area contributed by atoms with E-state index in [4.69, 9.17) is 15.2 Å². The van der Waals surface area contributed by atoms with Crippen molar-refractivity contribution < 1.29 is 14.3 Å². The van der Waals surface area contributed by atoms with E-state index < -0.39 is 5.54 Å². The first-order valence-electron chi connectivity index (χ1n) is 6.91. The third kappa shape index (κ3) is 3.22. The van der Waals surface area contributed by atoms with E-state index in [2.05, 4.69) is 5.32 Å². The van der Waals surface area contributed by atoms with Crippen LogP contribution in [0.15, 0.2) is 18.2 Å². The Balaban J connectivity index is 2.14. The first-order valence-corrected chi connectivity index (χ1v) is 6.91. The molecule has 0 aromatic heterocycles. The van der Waals surface area contributed by atoms with Gasteiger partial charge in [-0.1, -0.05) is 19.3 Å². The minimum Gasteiger partial charge on any atom is -0.497 e. The van der Waals surface area contributed by atoms with Gasteiger partial charge in [-0.15, -0.1) is 0 Å². The molecule has 0 bridgehead atoms. The lowest BCUT2D eigenvalue weighted by molar-refractivity contribution is -0.122. The van der Waals surface area contributed by atoms with Crippen molar-refractivity contribution >= 4 is 11.6 Å². The van der Waals surface area contributed by atoms with Gasteiger partial charge in [-0.05, 0) is 12.8 Å². The molecular formula is C15H22N2O3. The van der Waals surface area contributed by atoms with Gasteiger partial charge >= 0.3 is 0 Å². The second-order valence-electron chi connectivity index (χ2n) is 5.27. The number of carbonyl (C=O) groups is 1. The normalized spacial score (nSPS) is 17.4. The second-order valence-corrected chi connectivity index (χ2v) is 5.27. The molecule has 110 valence electrons. The summed E-state index contributed by atoms with van der Waals surface area (Å²) in [6, 6.07) is 5.27. The summed E-state index contributed by atoms with van der Waals surface area (Å²) in [5.74, 6) is 1.14. The lowest BCUT2D eigenvalue weighted by atomic mass is 9.82. The fourth-order valence-corrected chi connectivity index (χ4v) is 2.54. The molecule has 1 aliphatic carbocycles. The van der Waals surface area contributed by atoms with Crippen molar-refractivity contribution in [3.05, 3.63) is 18.2 Å². The van der Waals surface area contributed by atoms with Crippen molar-refractivity contribution in [1.82, 2.24) is 0 Å². The van der Waals surface area contributed by atoms with Gasteiger partial charge in [-0.3, -0.25) is 4.79 Å². The fourth-order valence-electron chi connectivity index (χ4n) is 2.54. The van der Waals surface area contributed by atoms with Gasteiger partial charge in [-0.25, -0.2) is 0 Å². The van der Waals surface area contributed by atoms with Crippen molar-refractivity contribution in [2.24, 2.45) is 5.73 Å². The van der Waals surface area contributed by atoms with Crippen molar-refractivity contribution in [1.29, 1.82) is 0 Å². The zero-order valence-electron chi connectivity index (χ0n) is 12.1. The van der Waals surface area contributed by atoms with Crippen LogP contribution in [0, 0.1) is 0 Å². The highest BCUT2D eigenvalue weighted by Crippen LogP contribution is 2.29. The van der Waals surface area contributed by atoms with Crippen LogP contribution in [0.25, 0.3) is 0 Å². The van der Waals surface area contributed by atoms with Crippen LogP contribution in [0.5, 0.6) is 11.5 Å². The Morgan fingerprint density at radius 3 is 2.15 bits per heavy atom. The average molecular weight is 278 g/mol. The number of hydrogen-bond donors (Lipinski definition) is 2. The predicted octanol–water partition coefficient (Wildman–Crippen LogP) is 2.30. The topological polar surface area (TPSA) is 73.6 Å². The van der Waals surface area contributed by atoms with Gasteiger partial charge in [0.25, 0.3) is 0 Å². The van der Waals surface area contributed by atoms with Gasteiger partial charge < -0.3 is 20.5 Å². The van der Waals surface area contributed by atoms with Crippen LogP contribution < -0.4 is 20.5 Å². The van der Waals surface area contributed by atoms with Gasteiger partial charge in [-0.2, -0.15) is 0 Å². The number of rotatable bonds is 4. The molecule has 5 nitrogen and oxygen atoms in total. The van der Waals surface area contributed by atoms with Gasteiger partial charge in [0.1, 0.15) is 11.5 Å². The molecule has 0 heterocycles. The summed E-state index contributed by atoms with van der Waals surface area (Å²) in [5, 5.41) is 2.88. The molecule has 0 saturated heterocycles. The number of nitrogens with two attached hydrogens (primary N) is 1. The zero-order chi connectivity index (χ0) is 14.6. The Kier molecular flexibility index (Phi) is 4.49. The van der Waals surface area contributed by atoms with Crippen molar-refractivity contribution in [3.8, 4) is 11.5 Å². The largest absolute Gasteiger partial charge is 0.497 e. The number of methoxy groups -OCH3 is 2. The molecule has 1 aliphatic rings. The SMILES string of the molecule is COc1cc(NC(=O)C2(N)CCCCC2)cc(OC)c1. The van der Waals surface area contributed by atoms with Crippen LogP contribution in [-0.2, 0) is 4.79 Å². The first kappa shape index (κ1) is 14.7. The Labute approximate surface area is 119 Å². The molecule has 20 heavy (non-hydrogen) atoms. The quantitative estimate of drug-likeness (QED) is 0.886. The second kappa shape index (κ2) is 6.13. The number of benzene rings is 1. The van der Waals surface area contributed by atoms with E-state index in [-0.39, 0.29) is 5.91 Å². The molecule has 0 radical (unpaired) electrons. The highest BCUT2D eigenvalue weighted by molar-refractivity contribution is 5.98. The molecule has 1 saturated carbocycles. The Morgan fingerprint density at radius 2 is 1.65 bits per heavy atom. The summed E-state index contributed by atoms with van der Waals surface area (Å²) in [6.07, 6.45) is 4.63. The summed E-state index contributed by atoms with van der Waals surface area (Å²) in [7, 11) is 3.15. The third-order valence-electron chi connectivity index (χ3n) is 3.81. The Morgan fingerprint density at radius 1 is 1.10 bits per heavy atom. The Bertz CT molecular complexity index is 460. The summed E-state index contributed by atoms with van der Waals surface area (Å²) < 4.78 is 10.4. The van der Waals surface area contributed by atoms with E-state index >= 15 is 0 Å². The van der Waals surface area contributed by atoms with Crippen LogP contribution in [0.1, 0.15) is 32.1 Å². The molecule has 0 unspecified atom stereocenters. The third-order valence-corrected chi connectivity index (χ3v) is 3.81. The lowest BCUT2D eigenvalue weighted by Crippen LogP contribution is -2.52. The first-order chi connectivity index (χ1) is 9.57. The maximum atomic E-state index is 12.4. The van der Waals surface area contributed by atoms with Gasteiger partial charge in [0.15, 0.2) is 0 Å². The molecule has 0 atom stereocenters. The minimum atomic E-state index is -0.755. The minimum absolute atomic E-state index is 0.132. The zero-order valence-corrected chi connectivity index (χ0v) is 12.1. The van der Waals surface area contributed by atoms with Crippen LogP contribution in [0.2, 0.25) is 0 Å². The number of amides is 1. The van der Waals surface area contributed by atoms with Gasteiger partial charge in [0, 0.05) is 23.9 Å². The van der Waals surface area contributed by atoms with E-state index in [1.165, 1.54) is 0 Å². The van der Waals surface area contributed by atoms with E-state index in [1.807, 2.05) is 0 Å². The van der Waals surface area contributed by atoms with E-state index in [1.54, 1.807) is 32.4 Å². The van der Waals surface area contributed by atoms with Gasteiger partial charge in [0.2, 0.25) is 5.91 Å². The lowest BCUT2D eigenvalue weighted by Gasteiger charge is -2.31. The predicted molar refractivity (Wildman–Crippen MR) is 78.2 cm³/mol. The van der Waals surface area contributed by atoms with E-state index in [0.717, 1.165) is 32.1 Å². The van der Waals surface area contributed by atoms with Crippen molar-refractivity contribution in [2.45, 2.75) is 37.6 Å². The number of nitrogens with one attached hydrogen (secondary N) is 1. The monoisotopic (exact) mass is 278 g/mol. The van der Waals surface area contributed by atoms with Gasteiger partial charge in [0.05, 0.1) is 19.8 Å². The molecule has 0 aliphatic heterocycles. The van der Waals surface area contributed by atoms with Crippen LogP contribution in [0.4, 0.5) is 5.69 Å².